The van der Waals surface area contributed by atoms with E-state index in [4.69, 9.17) is 16.3 Å². The molecule has 0 saturated carbocycles. The van der Waals surface area contributed by atoms with Crippen LogP contribution in [0.25, 0.3) is 16.6 Å². The standard InChI is InChI=1S/C21H23ClN4O3/c1-21(2,3)29-20(28)23-14-7-6-8-15(12-14)26-17-11-13(22)9-10-16(17)18(25(4)5)24-19(26)27/h6-12H,1-5H3,(H,23,28). The van der Waals surface area contributed by atoms with E-state index in [2.05, 4.69) is 10.3 Å². The molecule has 3 rings (SSSR count). The van der Waals surface area contributed by atoms with Crippen molar-refractivity contribution in [3.63, 3.8) is 0 Å². The summed E-state index contributed by atoms with van der Waals surface area (Å²) in [5.41, 5.74) is 0.606. The van der Waals surface area contributed by atoms with E-state index in [1.807, 2.05) is 20.2 Å². The maximum atomic E-state index is 12.9. The minimum Gasteiger partial charge on any atom is -0.444 e. The number of rotatable bonds is 3. The van der Waals surface area contributed by atoms with Crippen molar-refractivity contribution in [2.75, 3.05) is 24.3 Å². The number of aromatic nitrogens is 2. The molecule has 3 aromatic rings. The zero-order chi connectivity index (χ0) is 21.3. The lowest BCUT2D eigenvalue weighted by Crippen LogP contribution is -2.27. The number of amides is 1. The summed E-state index contributed by atoms with van der Waals surface area (Å²) >= 11 is 6.20. The molecule has 0 unspecified atom stereocenters. The molecule has 0 atom stereocenters. The van der Waals surface area contributed by atoms with Crippen LogP contribution in [0.3, 0.4) is 0 Å². The van der Waals surface area contributed by atoms with E-state index in [0.717, 1.165) is 5.39 Å². The minimum atomic E-state index is -0.614. The fourth-order valence-electron chi connectivity index (χ4n) is 2.92. The molecule has 0 fully saturated rings. The van der Waals surface area contributed by atoms with Gasteiger partial charge in [-0.1, -0.05) is 17.7 Å². The fourth-order valence-corrected chi connectivity index (χ4v) is 3.08. The van der Waals surface area contributed by atoms with Crippen LogP contribution in [0.4, 0.5) is 16.3 Å². The maximum Gasteiger partial charge on any atom is 0.412 e. The van der Waals surface area contributed by atoms with E-state index in [0.29, 0.717) is 27.7 Å². The van der Waals surface area contributed by atoms with Gasteiger partial charge in [0.1, 0.15) is 11.4 Å². The first-order valence-electron chi connectivity index (χ1n) is 9.05. The quantitative estimate of drug-likeness (QED) is 0.685. The van der Waals surface area contributed by atoms with Gasteiger partial charge in [0.2, 0.25) is 0 Å². The summed E-state index contributed by atoms with van der Waals surface area (Å²) in [4.78, 5) is 30.9. The van der Waals surface area contributed by atoms with E-state index in [1.165, 1.54) is 4.57 Å². The molecule has 29 heavy (non-hydrogen) atoms. The van der Waals surface area contributed by atoms with Crippen LogP contribution < -0.4 is 15.9 Å². The van der Waals surface area contributed by atoms with Gasteiger partial charge in [0.05, 0.1) is 11.2 Å². The SMILES string of the molecule is CN(C)c1nc(=O)n(-c2cccc(NC(=O)OC(C)(C)C)c2)c2cc(Cl)ccc12. The monoisotopic (exact) mass is 414 g/mol. The van der Waals surface area contributed by atoms with Gasteiger partial charge in [-0.3, -0.25) is 9.88 Å². The largest absolute Gasteiger partial charge is 0.444 e. The van der Waals surface area contributed by atoms with Gasteiger partial charge >= 0.3 is 11.8 Å². The number of carbonyl (C=O) groups excluding carboxylic acids is 1. The summed E-state index contributed by atoms with van der Waals surface area (Å²) in [7, 11) is 3.65. The topological polar surface area (TPSA) is 76.5 Å². The van der Waals surface area contributed by atoms with Gasteiger partial charge in [0.25, 0.3) is 0 Å². The molecule has 0 aliphatic carbocycles. The number of ether oxygens (including phenoxy) is 1. The van der Waals surface area contributed by atoms with Crippen LogP contribution >= 0.6 is 11.6 Å². The Bertz CT molecular complexity index is 1130. The fraction of sp³-hybridized carbons (Fsp3) is 0.286. The summed E-state index contributed by atoms with van der Waals surface area (Å²) in [6.45, 7) is 5.36. The van der Waals surface area contributed by atoms with Crippen molar-refractivity contribution < 1.29 is 9.53 Å². The number of hydrogen-bond acceptors (Lipinski definition) is 5. The first-order chi connectivity index (χ1) is 13.5. The van der Waals surface area contributed by atoms with Gasteiger partial charge in [-0.25, -0.2) is 9.59 Å². The van der Waals surface area contributed by atoms with E-state index >= 15 is 0 Å². The Labute approximate surface area is 173 Å². The van der Waals surface area contributed by atoms with Gasteiger partial charge in [-0.2, -0.15) is 4.98 Å². The summed E-state index contributed by atoms with van der Waals surface area (Å²) in [6.07, 6.45) is -0.573. The van der Waals surface area contributed by atoms with E-state index in [-0.39, 0.29) is 0 Å². The molecule has 2 aromatic carbocycles. The second-order valence-electron chi connectivity index (χ2n) is 7.79. The second kappa shape index (κ2) is 7.75. The molecule has 0 bridgehead atoms. The highest BCUT2D eigenvalue weighted by atomic mass is 35.5. The van der Waals surface area contributed by atoms with E-state index in [9.17, 15) is 9.59 Å². The molecule has 7 nitrogen and oxygen atoms in total. The van der Waals surface area contributed by atoms with Gasteiger partial charge in [0, 0.05) is 30.2 Å². The molecule has 0 saturated heterocycles. The van der Waals surface area contributed by atoms with Crippen LogP contribution in [-0.4, -0.2) is 35.3 Å². The molecule has 1 amide bonds. The lowest BCUT2D eigenvalue weighted by atomic mass is 10.2. The summed E-state index contributed by atoms with van der Waals surface area (Å²) in [6, 6.07) is 12.2. The molecule has 0 aliphatic rings. The Balaban J connectivity index is 2.11. The average molecular weight is 415 g/mol. The zero-order valence-electron chi connectivity index (χ0n) is 17.0. The van der Waals surface area contributed by atoms with Crippen LogP contribution in [0.2, 0.25) is 5.02 Å². The molecule has 1 N–H and O–H groups in total. The number of nitrogens with one attached hydrogen (secondary N) is 1. The van der Waals surface area contributed by atoms with Crippen LogP contribution in [-0.2, 0) is 4.74 Å². The number of fused-ring (bicyclic) bond motifs is 1. The van der Waals surface area contributed by atoms with Crippen LogP contribution in [0.1, 0.15) is 20.8 Å². The van der Waals surface area contributed by atoms with Gasteiger partial charge in [-0.05, 0) is 57.2 Å². The first kappa shape index (κ1) is 20.7. The van der Waals surface area contributed by atoms with Gasteiger partial charge in [0.15, 0.2) is 0 Å². The summed E-state index contributed by atoms with van der Waals surface area (Å²) < 4.78 is 6.75. The third-order valence-corrected chi connectivity index (χ3v) is 4.24. The Hall–Kier alpha value is -3.06. The Kier molecular flexibility index (Phi) is 5.53. The lowest BCUT2D eigenvalue weighted by Gasteiger charge is -2.20. The maximum absolute atomic E-state index is 12.9. The molecule has 0 spiro atoms. The highest BCUT2D eigenvalue weighted by Gasteiger charge is 2.17. The van der Waals surface area contributed by atoms with Crippen molar-refractivity contribution in [1.82, 2.24) is 9.55 Å². The molecule has 0 aliphatic heterocycles. The van der Waals surface area contributed by atoms with Crippen molar-refractivity contribution >= 4 is 40.1 Å². The number of halogens is 1. The third kappa shape index (κ3) is 4.68. The molecule has 1 aromatic heterocycles. The van der Waals surface area contributed by atoms with Crippen LogP contribution in [0.5, 0.6) is 0 Å². The smallest absolute Gasteiger partial charge is 0.412 e. The van der Waals surface area contributed by atoms with Crippen molar-refractivity contribution in [2.24, 2.45) is 0 Å². The normalized spacial score (nSPS) is 11.4. The molecular weight excluding hydrogens is 392 g/mol. The number of benzene rings is 2. The van der Waals surface area contributed by atoms with Crippen molar-refractivity contribution in [3.8, 4) is 5.69 Å². The van der Waals surface area contributed by atoms with Crippen molar-refractivity contribution in [2.45, 2.75) is 26.4 Å². The van der Waals surface area contributed by atoms with Crippen molar-refractivity contribution in [3.05, 3.63) is 58.0 Å². The van der Waals surface area contributed by atoms with E-state index in [1.54, 1.807) is 62.1 Å². The van der Waals surface area contributed by atoms with Gasteiger partial charge in [-0.15, -0.1) is 0 Å². The van der Waals surface area contributed by atoms with Crippen LogP contribution in [0, 0.1) is 0 Å². The Morgan fingerprint density at radius 1 is 1.17 bits per heavy atom. The molecule has 152 valence electrons. The highest BCUT2D eigenvalue weighted by Crippen LogP contribution is 2.27. The second-order valence-corrected chi connectivity index (χ2v) is 8.22. The summed E-state index contributed by atoms with van der Waals surface area (Å²) in [5, 5.41) is 3.97. The molecule has 1 heterocycles. The van der Waals surface area contributed by atoms with Crippen molar-refractivity contribution in [1.29, 1.82) is 0 Å². The summed E-state index contributed by atoms with van der Waals surface area (Å²) in [5.74, 6) is 0.556. The lowest BCUT2D eigenvalue weighted by molar-refractivity contribution is 0.0636. The highest BCUT2D eigenvalue weighted by molar-refractivity contribution is 6.31. The van der Waals surface area contributed by atoms with Gasteiger partial charge < -0.3 is 9.64 Å². The minimum absolute atomic E-state index is 0.446. The Morgan fingerprint density at radius 2 is 1.90 bits per heavy atom. The number of carbonyl (C=O) groups is 1. The predicted molar refractivity (Wildman–Crippen MR) is 117 cm³/mol. The molecular formula is C21H23ClN4O3. The number of nitrogens with zero attached hydrogens (tertiary/aromatic N) is 3. The van der Waals surface area contributed by atoms with Crippen LogP contribution in [0.15, 0.2) is 47.3 Å². The number of anilines is 2. The average Bonchev–Trinajstić information content (AvgIpc) is 2.59. The predicted octanol–water partition coefficient (Wildman–Crippen LogP) is 4.45. The van der Waals surface area contributed by atoms with E-state index < -0.39 is 17.4 Å². The zero-order valence-corrected chi connectivity index (χ0v) is 17.7. The number of hydrogen-bond donors (Lipinski definition) is 1. The Morgan fingerprint density at radius 3 is 2.55 bits per heavy atom. The first-order valence-corrected chi connectivity index (χ1v) is 9.43. The third-order valence-electron chi connectivity index (χ3n) is 4.01. The molecule has 8 heteroatoms. The molecule has 0 radical (unpaired) electrons.